The lowest BCUT2D eigenvalue weighted by molar-refractivity contribution is 0.370. The van der Waals surface area contributed by atoms with Crippen molar-refractivity contribution in [1.82, 2.24) is 4.31 Å². The maximum Gasteiger partial charge on any atom is 0.247 e. The topological polar surface area (TPSA) is 59.1 Å². The van der Waals surface area contributed by atoms with Crippen molar-refractivity contribution in [2.24, 2.45) is 0 Å². The number of rotatable bonds is 6. The molecule has 3 rings (SSSR count). The first-order chi connectivity index (χ1) is 13.4. The molecule has 1 aliphatic rings. The number of ether oxygens (including phenoxy) is 2. The third-order valence-corrected chi connectivity index (χ3v) is 7.17. The summed E-state index contributed by atoms with van der Waals surface area (Å²) in [4.78, 5) is 2.37. The van der Waals surface area contributed by atoms with E-state index in [4.69, 9.17) is 9.47 Å². The summed E-state index contributed by atoms with van der Waals surface area (Å²) in [5.41, 5.74) is 3.26. The van der Waals surface area contributed by atoms with Crippen LogP contribution in [0.25, 0.3) is 0 Å². The number of aryl methyl sites for hydroxylation is 2. The van der Waals surface area contributed by atoms with Crippen LogP contribution < -0.4 is 14.4 Å². The van der Waals surface area contributed by atoms with E-state index in [0.29, 0.717) is 37.7 Å². The van der Waals surface area contributed by atoms with Crippen molar-refractivity contribution in [3.8, 4) is 11.5 Å². The number of hydrogen-bond donors (Lipinski definition) is 0. The van der Waals surface area contributed by atoms with Gasteiger partial charge in [-0.05, 0) is 42.7 Å². The summed E-state index contributed by atoms with van der Waals surface area (Å²) in [5, 5.41) is 0. The molecule has 0 atom stereocenters. The molecule has 0 amide bonds. The molecule has 0 radical (unpaired) electrons. The van der Waals surface area contributed by atoms with Crippen LogP contribution in [0.3, 0.4) is 0 Å². The molecule has 7 heteroatoms. The number of piperazine rings is 1. The van der Waals surface area contributed by atoms with E-state index in [-0.39, 0.29) is 4.90 Å². The van der Waals surface area contributed by atoms with E-state index in [9.17, 15) is 8.42 Å². The van der Waals surface area contributed by atoms with Crippen LogP contribution in [0.2, 0.25) is 0 Å². The van der Waals surface area contributed by atoms with Crippen LogP contribution >= 0.6 is 0 Å². The maximum atomic E-state index is 13.2. The normalized spacial score (nSPS) is 15.5. The minimum atomic E-state index is -3.67. The molecule has 1 aliphatic heterocycles. The van der Waals surface area contributed by atoms with Gasteiger partial charge in [0.1, 0.15) is 16.4 Å². The van der Waals surface area contributed by atoms with Crippen molar-refractivity contribution in [3.63, 3.8) is 0 Å². The molecule has 28 heavy (non-hydrogen) atoms. The monoisotopic (exact) mass is 404 g/mol. The van der Waals surface area contributed by atoms with E-state index in [1.807, 2.05) is 6.92 Å². The first-order valence-corrected chi connectivity index (χ1v) is 10.9. The second kappa shape index (κ2) is 8.41. The second-order valence-electron chi connectivity index (χ2n) is 6.88. The Hall–Kier alpha value is -2.25. The SMILES string of the molecule is CCc1ccc(N2CCN(S(=O)(=O)c3cc(OC)c(C)cc3OC)CC2)cc1. The maximum absolute atomic E-state index is 13.2. The standard InChI is InChI=1S/C21H28N2O4S/c1-5-17-6-8-18(9-7-17)22-10-12-23(13-11-22)28(24,25)21-15-19(26-3)16(2)14-20(21)27-4/h6-9,14-15H,5,10-13H2,1-4H3. The van der Waals surface area contributed by atoms with E-state index in [1.54, 1.807) is 12.1 Å². The average molecular weight is 405 g/mol. The zero-order chi connectivity index (χ0) is 20.3. The molecule has 0 N–H and O–H groups in total. The average Bonchev–Trinajstić information content (AvgIpc) is 2.73. The van der Waals surface area contributed by atoms with Crippen molar-refractivity contribution >= 4 is 15.7 Å². The lowest BCUT2D eigenvalue weighted by Gasteiger charge is -2.35. The Balaban J connectivity index is 1.79. The van der Waals surface area contributed by atoms with Gasteiger partial charge in [-0.25, -0.2) is 8.42 Å². The van der Waals surface area contributed by atoms with Crippen LogP contribution in [-0.4, -0.2) is 53.1 Å². The summed E-state index contributed by atoms with van der Waals surface area (Å²) >= 11 is 0. The Bertz CT molecular complexity index is 918. The van der Waals surface area contributed by atoms with Gasteiger partial charge in [-0.3, -0.25) is 0 Å². The van der Waals surface area contributed by atoms with Gasteiger partial charge in [0.2, 0.25) is 10.0 Å². The Labute approximate surface area is 167 Å². The molecular formula is C21H28N2O4S. The van der Waals surface area contributed by atoms with Crippen molar-refractivity contribution in [2.75, 3.05) is 45.3 Å². The Kier molecular flexibility index (Phi) is 6.15. The number of hydrogen-bond acceptors (Lipinski definition) is 5. The molecule has 0 saturated carbocycles. The summed E-state index contributed by atoms with van der Waals surface area (Å²) in [6.45, 7) is 6.15. The number of anilines is 1. The van der Waals surface area contributed by atoms with Gasteiger partial charge in [0, 0.05) is 37.9 Å². The number of methoxy groups -OCH3 is 2. The van der Waals surface area contributed by atoms with Crippen molar-refractivity contribution in [3.05, 3.63) is 47.5 Å². The number of sulfonamides is 1. The molecule has 1 fully saturated rings. The molecule has 6 nitrogen and oxygen atoms in total. The fraction of sp³-hybridized carbons (Fsp3) is 0.429. The molecule has 0 unspecified atom stereocenters. The highest BCUT2D eigenvalue weighted by molar-refractivity contribution is 7.89. The summed E-state index contributed by atoms with van der Waals surface area (Å²) in [7, 11) is -0.649. The van der Waals surface area contributed by atoms with Gasteiger partial charge in [-0.2, -0.15) is 4.31 Å². The Morgan fingerprint density at radius 2 is 1.54 bits per heavy atom. The van der Waals surface area contributed by atoms with E-state index >= 15 is 0 Å². The minimum absolute atomic E-state index is 0.151. The van der Waals surface area contributed by atoms with E-state index < -0.39 is 10.0 Å². The van der Waals surface area contributed by atoms with Gasteiger partial charge >= 0.3 is 0 Å². The predicted octanol–water partition coefficient (Wildman–Crippen LogP) is 3.09. The highest BCUT2D eigenvalue weighted by Crippen LogP contribution is 2.34. The summed E-state index contributed by atoms with van der Waals surface area (Å²) in [5.74, 6) is 0.880. The van der Waals surface area contributed by atoms with Crippen LogP contribution in [0.1, 0.15) is 18.1 Å². The van der Waals surface area contributed by atoms with Crippen LogP contribution in [0, 0.1) is 6.92 Å². The third-order valence-electron chi connectivity index (χ3n) is 5.25. The fourth-order valence-corrected chi connectivity index (χ4v) is 5.07. The summed E-state index contributed by atoms with van der Waals surface area (Å²) in [6, 6.07) is 11.7. The van der Waals surface area contributed by atoms with Gasteiger partial charge < -0.3 is 14.4 Å². The summed E-state index contributed by atoms with van der Waals surface area (Å²) in [6.07, 6.45) is 1.01. The molecule has 2 aromatic rings. The highest BCUT2D eigenvalue weighted by atomic mass is 32.2. The highest BCUT2D eigenvalue weighted by Gasteiger charge is 2.31. The minimum Gasteiger partial charge on any atom is -0.496 e. The molecule has 1 saturated heterocycles. The zero-order valence-corrected chi connectivity index (χ0v) is 17.8. The molecule has 152 valence electrons. The second-order valence-corrected chi connectivity index (χ2v) is 8.79. The van der Waals surface area contributed by atoms with Crippen LogP contribution in [-0.2, 0) is 16.4 Å². The lowest BCUT2D eigenvalue weighted by atomic mass is 10.1. The quantitative estimate of drug-likeness (QED) is 0.741. The summed E-state index contributed by atoms with van der Waals surface area (Å²) < 4.78 is 38.7. The fourth-order valence-electron chi connectivity index (χ4n) is 3.49. The predicted molar refractivity (Wildman–Crippen MR) is 111 cm³/mol. The Morgan fingerprint density at radius 1 is 0.929 bits per heavy atom. The number of nitrogens with zero attached hydrogens (tertiary/aromatic N) is 2. The molecule has 0 aliphatic carbocycles. The molecule has 1 heterocycles. The van der Waals surface area contributed by atoms with Crippen molar-refractivity contribution in [1.29, 1.82) is 0 Å². The molecule has 0 spiro atoms. The van der Waals surface area contributed by atoms with Crippen molar-refractivity contribution in [2.45, 2.75) is 25.2 Å². The van der Waals surface area contributed by atoms with Crippen LogP contribution in [0.4, 0.5) is 5.69 Å². The van der Waals surface area contributed by atoms with Crippen LogP contribution in [0.5, 0.6) is 11.5 Å². The van der Waals surface area contributed by atoms with Gasteiger partial charge in [0.25, 0.3) is 0 Å². The number of benzene rings is 2. The van der Waals surface area contributed by atoms with E-state index in [2.05, 4.69) is 36.1 Å². The van der Waals surface area contributed by atoms with Crippen molar-refractivity contribution < 1.29 is 17.9 Å². The van der Waals surface area contributed by atoms with E-state index in [1.165, 1.54) is 24.1 Å². The van der Waals surface area contributed by atoms with Gasteiger partial charge in [-0.1, -0.05) is 19.1 Å². The molecule has 2 aromatic carbocycles. The first kappa shape index (κ1) is 20.5. The zero-order valence-electron chi connectivity index (χ0n) is 16.9. The lowest BCUT2D eigenvalue weighted by Crippen LogP contribution is -2.48. The van der Waals surface area contributed by atoms with Crippen LogP contribution in [0.15, 0.2) is 41.3 Å². The van der Waals surface area contributed by atoms with Gasteiger partial charge in [0.15, 0.2) is 0 Å². The largest absolute Gasteiger partial charge is 0.496 e. The first-order valence-electron chi connectivity index (χ1n) is 9.47. The van der Waals surface area contributed by atoms with E-state index in [0.717, 1.165) is 17.7 Å². The Morgan fingerprint density at radius 3 is 2.07 bits per heavy atom. The van der Waals surface area contributed by atoms with Gasteiger partial charge in [0.05, 0.1) is 14.2 Å². The smallest absolute Gasteiger partial charge is 0.247 e. The molecular weight excluding hydrogens is 376 g/mol. The van der Waals surface area contributed by atoms with Gasteiger partial charge in [-0.15, -0.1) is 0 Å². The molecule has 0 aromatic heterocycles. The third kappa shape index (κ3) is 3.95. The molecule has 0 bridgehead atoms.